The zero-order valence-electron chi connectivity index (χ0n) is 10.6. The van der Waals surface area contributed by atoms with Crippen LogP contribution < -0.4 is 10.5 Å². The van der Waals surface area contributed by atoms with Crippen molar-refractivity contribution < 1.29 is 4.74 Å². The average molecular weight is 221 g/mol. The van der Waals surface area contributed by atoms with E-state index in [1.807, 2.05) is 0 Å². The SMILES string of the molecule is Cc1cccc(CCN)c1OCCC(C)C. The molecule has 0 unspecified atom stereocenters. The summed E-state index contributed by atoms with van der Waals surface area (Å²) >= 11 is 0. The second-order valence-electron chi connectivity index (χ2n) is 4.63. The molecular weight excluding hydrogens is 198 g/mol. The van der Waals surface area contributed by atoms with Crippen LogP contribution in [0, 0.1) is 12.8 Å². The Labute approximate surface area is 98.8 Å². The summed E-state index contributed by atoms with van der Waals surface area (Å²) in [7, 11) is 0. The highest BCUT2D eigenvalue weighted by Gasteiger charge is 2.06. The Morgan fingerprint density at radius 2 is 2.06 bits per heavy atom. The Bertz CT molecular complexity index is 321. The molecule has 90 valence electrons. The van der Waals surface area contributed by atoms with Gasteiger partial charge in [-0.25, -0.2) is 0 Å². The molecule has 0 aromatic heterocycles. The van der Waals surface area contributed by atoms with Crippen molar-refractivity contribution in [2.24, 2.45) is 11.7 Å². The smallest absolute Gasteiger partial charge is 0.125 e. The molecule has 0 saturated heterocycles. The predicted molar refractivity (Wildman–Crippen MR) is 68.9 cm³/mol. The van der Waals surface area contributed by atoms with Crippen LogP contribution in [-0.4, -0.2) is 13.2 Å². The quantitative estimate of drug-likeness (QED) is 0.801. The van der Waals surface area contributed by atoms with E-state index in [4.69, 9.17) is 10.5 Å². The molecular formula is C14H23NO. The Balaban J connectivity index is 2.68. The number of hydrogen-bond acceptors (Lipinski definition) is 2. The van der Waals surface area contributed by atoms with Crippen LogP contribution in [-0.2, 0) is 6.42 Å². The molecule has 1 aromatic carbocycles. The van der Waals surface area contributed by atoms with Gasteiger partial charge in [-0.15, -0.1) is 0 Å². The molecule has 0 heterocycles. The van der Waals surface area contributed by atoms with Crippen LogP contribution in [0.3, 0.4) is 0 Å². The normalized spacial score (nSPS) is 10.8. The standard InChI is InChI=1S/C14H23NO/c1-11(2)8-10-16-14-12(3)5-4-6-13(14)7-9-15/h4-6,11H,7-10,15H2,1-3H3. The van der Waals surface area contributed by atoms with E-state index in [9.17, 15) is 0 Å². The molecule has 0 spiro atoms. The molecule has 0 radical (unpaired) electrons. The topological polar surface area (TPSA) is 35.2 Å². The van der Waals surface area contributed by atoms with Crippen molar-refractivity contribution >= 4 is 0 Å². The number of nitrogens with two attached hydrogens (primary N) is 1. The van der Waals surface area contributed by atoms with Gasteiger partial charge in [0.05, 0.1) is 6.61 Å². The van der Waals surface area contributed by atoms with Gasteiger partial charge >= 0.3 is 0 Å². The fraction of sp³-hybridized carbons (Fsp3) is 0.571. The average Bonchev–Trinajstić information content (AvgIpc) is 2.22. The van der Waals surface area contributed by atoms with Gasteiger partial charge in [-0.2, -0.15) is 0 Å². The minimum Gasteiger partial charge on any atom is -0.493 e. The molecule has 0 bridgehead atoms. The van der Waals surface area contributed by atoms with Crippen molar-refractivity contribution in [2.75, 3.05) is 13.2 Å². The van der Waals surface area contributed by atoms with Crippen molar-refractivity contribution in [2.45, 2.75) is 33.6 Å². The Kier molecular flexibility index (Phi) is 5.33. The van der Waals surface area contributed by atoms with E-state index in [0.717, 1.165) is 25.2 Å². The van der Waals surface area contributed by atoms with E-state index in [1.54, 1.807) is 0 Å². The molecule has 1 aromatic rings. The first-order valence-corrected chi connectivity index (χ1v) is 6.06. The van der Waals surface area contributed by atoms with E-state index in [2.05, 4.69) is 39.0 Å². The van der Waals surface area contributed by atoms with Gasteiger partial charge < -0.3 is 10.5 Å². The Hall–Kier alpha value is -1.02. The lowest BCUT2D eigenvalue weighted by Crippen LogP contribution is -2.08. The monoisotopic (exact) mass is 221 g/mol. The van der Waals surface area contributed by atoms with Crippen LogP contribution >= 0.6 is 0 Å². The van der Waals surface area contributed by atoms with Gasteiger partial charge in [-0.05, 0) is 43.4 Å². The first-order chi connectivity index (χ1) is 7.65. The first-order valence-electron chi connectivity index (χ1n) is 6.06. The van der Waals surface area contributed by atoms with Gasteiger partial charge in [0.15, 0.2) is 0 Å². The summed E-state index contributed by atoms with van der Waals surface area (Å²) in [4.78, 5) is 0. The summed E-state index contributed by atoms with van der Waals surface area (Å²) in [6, 6.07) is 6.25. The predicted octanol–water partition coefficient (Wildman–Crippen LogP) is 2.92. The fourth-order valence-electron chi connectivity index (χ4n) is 1.67. The van der Waals surface area contributed by atoms with Crippen LogP contribution in [0.5, 0.6) is 5.75 Å². The number of benzene rings is 1. The summed E-state index contributed by atoms with van der Waals surface area (Å²) in [6.45, 7) is 7.97. The number of hydrogen-bond donors (Lipinski definition) is 1. The van der Waals surface area contributed by atoms with Gasteiger partial charge in [0.1, 0.15) is 5.75 Å². The van der Waals surface area contributed by atoms with E-state index in [0.29, 0.717) is 12.5 Å². The van der Waals surface area contributed by atoms with Gasteiger partial charge in [-0.1, -0.05) is 32.0 Å². The molecule has 2 N–H and O–H groups in total. The highest BCUT2D eigenvalue weighted by Crippen LogP contribution is 2.24. The van der Waals surface area contributed by atoms with Crippen LogP contribution in [0.4, 0.5) is 0 Å². The number of para-hydroxylation sites is 1. The third-order valence-electron chi connectivity index (χ3n) is 2.65. The van der Waals surface area contributed by atoms with Crippen molar-refractivity contribution in [3.8, 4) is 5.75 Å². The molecule has 0 atom stereocenters. The molecule has 0 fully saturated rings. The molecule has 0 aliphatic heterocycles. The summed E-state index contributed by atoms with van der Waals surface area (Å²) in [5.74, 6) is 1.72. The van der Waals surface area contributed by atoms with Crippen molar-refractivity contribution in [1.29, 1.82) is 0 Å². The highest BCUT2D eigenvalue weighted by atomic mass is 16.5. The molecule has 1 rings (SSSR count). The summed E-state index contributed by atoms with van der Waals surface area (Å²) in [5, 5.41) is 0. The van der Waals surface area contributed by atoms with Crippen molar-refractivity contribution in [3.05, 3.63) is 29.3 Å². The Morgan fingerprint density at radius 1 is 1.31 bits per heavy atom. The second kappa shape index (κ2) is 6.54. The van der Waals surface area contributed by atoms with Crippen molar-refractivity contribution in [1.82, 2.24) is 0 Å². The van der Waals surface area contributed by atoms with Gasteiger partial charge in [0, 0.05) is 0 Å². The molecule has 2 heteroatoms. The third kappa shape index (κ3) is 3.86. The number of aryl methyl sites for hydroxylation is 1. The third-order valence-corrected chi connectivity index (χ3v) is 2.65. The number of ether oxygens (including phenoxy) is 1. The van der Waals surface area contributed by atoms with Crippen LogP contribution in [0.1, 0.15) is 31.4 Å². The van der Waals surface area contributed by atoms with Crippen LogP contribution in [0.15, 0.2) is 18.2 Å². The lowest BCUT2D eigenvalue weighted by molar-refractivity contribution is 0.285. The largest absolute Gasteiger partial charge is 0.493 e. The summed E-state index contributed by atoms with van der Waals surface area (Å²) in [6.07, 6.45) is 1.98. The molecule has 0 aliphatic rings. The van der Waals surface area contributed by atoms with Crippen molar-refractivity contribution in [3.63, 3.8) is 0 Å². The van der Waals surface area contributed by atoms with Gasteiger partial charge in [-0.3, -0.25) is 0 Å². The van der Waals surface area contributed by atoms with Gasteiger partial charge in [0.25, 0.3) is 0 Å². The first kappa shape index (κ1) is 13.0. The van der Waals surface area contributed by atoms with Gasteiger partial charge in [0.2, 0.25) is 0 Å². The van der Waals surface area contributed by atoms with Crippen LogP contribution in [0.2, 0.25) is 0 Å². The molecule has 0 aliphatic carbocycles. The zero-order chi connectivity index (χ0) is 12.0. The maximum Gasteiger partial charge on any atom is 0.125 e. The molecule has 2 nitrogen and oxygen atoms in total. The second-order valence-corrected chi connectivity index (χ2v) is 4.63. The van der Waals surface area contributed by atoms with E-state index >= 15 is 0 Å². The molecule has 0 amide bonds. The number of rotatable bonds is 6. The van der Waals surface area contributed by atoms with Crippen LogP contribution in [0.25, 0.3) is 0 Å². The maximum absolute atomic E-state index is 5.88. The lowest BCUT2D eigenvalue weighted by atomic mass is 10.1. The Morgan fingerprint density at radius 3 is 2.69 bits per heavy atom. The summed E-state index contributed by atoms with van der Waals surface area (Å²) < 4.78 is 5.88. The van der Waals surface area contributed by atoms with E-state index in [-0.39, 0.29) is 0 Å². The minimum absolute atomic E-state index is 0.671. The van der Waals surface area contributed by atoms with E-state index in [1.165, 1.54) is 11.1 Å². The molecule has 0 saturated carbocycles. The highest BCUT2D eigenvalue weighted by molar-refractivity contribution is 5.40. The molecule has 16 heavy (non-hydrogen) atoms. The lowest BCUT2D eigenvalue weighted by Gasteiger charge is -2.14. The maximum atomic E-state index is 5.88. The minimum atomic E-state index is 0.671. The van der Waals surface area contributed by atoms with E-state index < -0.39 is 0 Å². The zero-order valence-corrected chi connectivity index (χ0v) is 10.6. The summed E-state index contributed by atoms with van der Waals surface area (Å²) in [5.41, 5.74) is 8.03. The fourth-order valence-corrected chi connectivity index (χ4v) is 1.67.